The van der Waals surface area contributed by atoms with E-state index >= 15 is 0 Å². The van der Waals surface area contributed by atoms with Crippen molar-refractivity contribution in [1.29, 1.82) is 0 Å². The molecule has 1 N–H and O–H groups in total. The lowest BCUT2D eigenvalue weighted by molar-refractivity contribution is -0.384. The summed E-state index contributed by atoms with van der Waals surface area (Å²) in [7, 11) is 0. The van der Waals surface area contributed by atoms with Crippen LogP contribution in [0.2, 0.25) is 0 Å². The smallest absolute Gasteiger partial charge is 0.271 e. The number of halogens is 1. The van der Waals surface area contributed by atoms with Gasteiger partial charge in [-0.25, -0.2) is 9.37 Å². The minimum absolute atomic E-state index is 0.00406. The summed E-state index contributed by atoms with van der Waals surface area (Å²) in [6, 6.07) is 6.25. The molecule has 0 atom stereocenters. The molecule has 128 valence electrons. The van der Waals surface area contributed by atoms with Crippen LogP contribution in [0.1, 0.15) is 25.5 Å². The standard InChI is InChI=1S/C16H14FN5O3/c1-9(2)15-16(21-8-10(17)3-6-14(21)18-15)20-19-12-7-11(22(24)25)4-5-13(12)23/h3-9,23H,1-2H3. The summed E-state index contributed by atoms with van der Waals surface area (Å²) in [5, 5.41) is 28.6. The predicted molar refractivity (Wildman–Crippen MR) is 88.2 cm³/mol. The van der Waals surface area contributed by atoms with Gasteiger partial charge in [0.15, 0.2) is 5.82 Å². The molecule has 2 heterocycles. The first kappa shape index (κ1) is 16.5. The van der Waals surface area contributed by atoms with Crippen molar-refractivity contribution >= 4 is 22.8 Å². The van der Waals surface area contributed by atoms with E-state index in [1.807, 2.05) is 13.8 Å². The Kier molecular flexibility index (Phi) is 4.14. The third kappa shape index (κ3) is 3.16. The van der Waals surface area contributed by atoms with E-state index in [9.17, 15) is 19.6 Å². The summed E-state index contributed by atoms with van der Waals surface area (Å²) in [5.74, 6) is -0.415. The number of azo groups is 1. The van der Waals surface area contributed by atoms with Crippen molar-refractivity contribution in [2.24, 2.45) is 10.2 Å². The van der Waals surface area contributed by atoms with E-state index in [1.54, 1.807) is 0 Å². The average molecular weight is 343 g/mol. The second-order valence-electron chi connectivity index (χ2n) is 5.68. The number of benzene rings is 1. The number of aromatic hydroxyl groups is 1. The molecule has 25 heavy (non-hydrogen) atoms. The molecule has 3 rings (SSSR count). The SMILES string of the molecule is CC(C)c1nc2ccc(F)cn2c1N=Nc1cc([N+](=O)[O-])ccc1O. The molecule has 0 aliphatic rings. The number of aromatic nitrogens is 2. The van der Waals surface area contributed by atoms with Gasteiger partial charge < -0.3 is 5.11 Å². The molecule has 0 aliphatic heterocycles. The van der Waals surface area contributed by atoms with E-state index in [0.29, 0.717) is 17.2 Å². The van der Waals surface area contributed by atoms with Crippen LogP contribution in [0.5, 0.6) is 5.75 Å². The van der Waals surface area contributed by atoms with Gasteiger partial charge in [-0.15, -0.1) is 10.2 Å². The fourth-order valence-electron chi connectivity index (χ4n) is 2.32. The van der Waals surface area contributed by atoms with Crippen LogP contribution in [0.3, 0.4) is 0 Å². The molecule has 0 bridgehead atoms. The normalized spacial score (nSPS) is 11.7. The zero-order chi connectivity index (χ0) is 18.1. The van der Waals surface area contributed by atoms with E-state index in [4.69, 9.17) is 0 Å². The number of nitro benzene ring substituents is 1. The molecule has 1 aromatic carbocycles. The first-order valence-corrected chi connectivity index (χ1v) is 7.43. The van der Waals surface area contributed by atoms with Crippen molar-refractivity contribution in [3.8, 4) is 5.75 Å². The van der Waals surface area contributed by atoms with Crippen molar-refractivity contribution in [3.63, 3.8) is 0 Å². The quantitative estimate of drug-likeness (QED) is 0.423. The van der Waals surface area contributed by atoms with Gasteiger partial charge in [0.25, 0.3) is 5.69 Å². The van der Waals surface area contributed by atoms with Crippen molar-refractivity contribution in [1.82, 2.24) is 9.38 Å². The lowest BCUT2D eigenvalue weighted by Gasteiger charge is -2.02. The Morgan fingerprint density at radius 3 is 2.72 bits per heavy atom. The largest absolute Gasteiger partial charge is 0.506 e. The molecule has 0 saturated heterocycles. The van der Waals surface area contributed by atoms with Gasteiger partial charge in [0, 0.05) is 18.3 Å². The predicted octanol–water partition coefficient (Wildman–Crippen LogP) is 4.63. The van der Waals surface area contributed by atoms with Crippen LogP contribution >= 0.6 is 0 Å². The Morgan fingerprint density at radius 1 is 1.28 bits per heavy atom. The van der Waals surface area contributed by atoms with Crippen LogP contribution in [0.25, 0.3) is 5.65 Å². The number of hydrogen-bond donors (Lipinski definition) is 1. The summed E-state index contributed by atoms with van der Waals surface area (Å²) in [5.41, 5.74) is 0.817. The van der Waals surface area contributed by atoms with Gasteiger partial charge >= 0.3 is 0 Å². The minimum Gasteiger partial charge on any atom is -0.506 e. The summed E-state index contributed by atoms with van der Waals surface area (Å²) in [6.07, 6.45) is 1.23. The highest BCUT2D eigenvalue weighted by Gasteiger charge is 2.16. The Hall–Kier alpha value is -3.36. The molecule has 0 amide bonds. The number of nitrogens with zero attached hydrogens (tertiary/aromatic N) is 5. The van der Waals surface area contributed by atoms with E-state index in [1.165, 1.54) is 28.8 Å². The van der Waals surface area contributed by atoms with Gasteiger partial charge in [0.05, 0.1) is 10.6 Å². The number of non-ortho nitro benzene ring substituents is 1. The molecule has 0 spiro atoms. The molecule has 0 radical (unpaired) electrons. The number of fused-ring (bicyclic) bond motifs is 1. The van der Waals surface area contributed by atoms with Crippen LogP contribution in [-0.4, -0.2) is 19.4 Å². The molecule has 2 aromatic heterocycles. The Morgan fingerprint density at radius 2 is 2.04 bits per heavy atom. The lowest BCUT2D eigenvalue weighted by Crippen LogP contribution is -1.88. The highest BCUT2D eigenvalue weighted by atomic mass is 19.1. The molecule has 0 aliphatic carbocycles. The van der Waals surface area contributed by atoms with E-state index in [2.05, 4.69) is 15.2 Å². The van der Waals surface area contributed by atoms with E-state index < -0.39 is 10.7 Å². The van der Waals surface area contributed by atoms with Gasteiger partial charge in [-0.05, 0) is 24.1 Å². The van der Waals surface area contributed by atoms with Gasteiger partial charge in [-0.1, -0.05) is 13.8 Å². The highest BCUT2D eigenvalue weighted by Crippen LogP contribution is 2.34. The number of phenolic OH excluding ortho intramolecular Hbond substituents is 1. The third-order valence-corrected chi connectivity index (χ3v) is 3.55. The van der Waals surface area contributed by atoms with Crippen LogP contribution < -0.4 is 0 Å². The number of imidazole rings is 1. The van der Waals surface area contributed by atoms with Crippen molar-refractivity contribution in [2.45, 2.75) is 19.8 Å². The van der Waals surface area contributed by atoms with Crippen LogP contribution in [0, 0.1) is 15.9 Å². The van der Waals surface area contributed by atoms with E-state index in [0.717, 1.165) is 12.1 Å². The lowest BCUT2D eigenvalue weighted by atomic mass is 10.1. The average Bonchev–Trinajstić information content (AvgIpc) is 2.92. The molecule has 9 heteroatoms. The number of nitro groups is 1. The maximum Gasteiger partial charge on any atom is 0.271 e. The maximum absolute atomic E-state index is 13.6. The fourth-order valence-corrected chi connectivity index (χ4v) is 2.32. The Labute approximate surface area is 141 Å². The molecular formula is C16H14FN5O3. The van der Waals surface area contributed by atoms with E-state index in [-0.39, 0.29) is 23.0 Å². The summed E-state index contributed by atoms with van der Waals surface area (Å²) in [6.45, 7) is 3.81. The second-order valence-corrected chi connectivity index (χ2v) is 5.68. The molecule has 3 aromatic rings. The number of pyridine rings is 1. The van der Waals surface area contributed by atoms with Gasteiger partial charge in [-0.2, -0.15) is 0 Å². The van der Waals surface area contributed by atoms with Crippen molar-refractivity contribution < 1.29 is 14.4 Å². The molecular weight excluding hydrogens is 329 g/mol. The van der Waals surface area contributed by atoms with Gasteiger partial charge in [0.2, 0.25) is 0 Å². The molecule has 0 fully saturated rings. The first-order chi connectivity index (χ1) is 11.9. The van der Waals surface area contributed by atoms with Crippen LogP contribution in [0.4, 0.5) is 21.6 Å². The zero-order valence-corrected chi connectivity index (χ0v) is 13.4. The number of phenols is 1. The molecule has 8 nitrogen and oxygen atoms in total. The van der Waals surface area contributed by atoms with Gasteiger partial charge in [0.1, 0.15) is 22.9 Å². The number of hydrogen-bond acceptors (Lipinski definition) is 6. The highest BCUT2D eigenvalue weighted by molar-refractivity contribution is 5.58. The second kappa shape index (κ2) is 6.27. The van der Waals surface area contributed by atoms with Crippen molar-refractivity contribution in [3.05, 3.63) is 58.2 Å². The van der Waals surface area contributed by atoms with Gasteiger partial charge in [-0.3, -0.25) is 14.5 Å². The van der Waals surface area contributed by atoms with Crippen LogP contribution in [0.15, 0.2) is 46.8 Å². The summed E-state index contributed by atoms with van der Waals surface area (Å²) in [4.78, 5) is 14.7. The molecule has 0 unspecified atom stereocenters. The topological polar surface area (TPSA) is 105 Å². The maximum atomic E-state index is 13.6. The van der Waals surface area contributed by atoms with Crippen molar-refractivity contribution in [2.75, 3.05) is 0 Å². The van der Waals surface area contributed by atoms with Crippen LogP contribution in [-0.2, 0) is 0 Å². The zero-order valence-electron chi connectivity index (χ0n) is 13.4. The summed E-state index contributed by atoms with van der Waals surface area (Å²) < 4.78 is 15.0. The third-order valence-electron chi connectivity index (χ3n) is 3.55. The molecule has 0 saturated carbocycles. The Bertz CT molecular complexity index is 997. The Balaban J connectivity index is 2.12. The number of rotatable bonds is 4. The fraction of sp³-hybridized carbons (Fsp3) is 0.188. The first-order valence-electron chi connectivity index (χ1n) is 7.43. The monoisotopic (exact) mass is 343 g/mol. The minimum atomic E-state index is -0.596. The summed E-state index contributed by atoms with van der Waals surface area (Å²) >= 11 is 0.